The Morgan fingerprint density at radius 3 is 2.44 bits per heavy atom. The van der Waals surface area contributed by atoms with Crippen molar-refractivity contribution in [1.29, 1.82) is 0 Å². The Labute approximate surface area is 158 Å². The minimum absolute atomic E-state index is 0.192. The molecule has 0 spiro atoms. The molecule has 1 aromatic carbocycles. The van der Waals surface area contributed by atoms with Gasteiger partial charge in [0.1, 0.15) is 6.33 Å². The summed E-state index contributed by atoms with van der Waals surface area (Å²) in [5, 5.41) is 18.7. The molecule has 0 saturated heterocycles. The first kappa shape index (κ1) is 18.8. The standard InChI is InChI=1S/C19H25N7O/c1-12(2)17-10-15(22-26(17)19(4,5)6)18(27)21-14-7-8-16(13(3)9-14)25-11-20-23-24-25/h7-12H,1-6H3,(H,21,27). The van der Waals surface area contributed by atoms with Gasteiger partial charge in [-0.05, 0) is 73.9 Å². The molecule has 3 aromatic rings. The monoisotopic (exact) mass is 367 g/mol. The van der Waals surface area contributed by atoms with E-state index < -0.39 is 0 Å². The zero-order chi connectivity index (χ0) is 19.8. The minimum Gasteiger partial charge on any atom is -0.321 e. The Morgan fingerprint density at radius 2 is 1.93 bits per heavy atom. The molecular formula is C19H25N7O. The van der Waals surface area contributed by atoms with Crippen LogP contribution in [0.5, 0.6) is 0 Å². The van der Waals surface area contributed by atoms with Gasteiger partial charge in [0, 0.05) is 11.4 Å². The van der Waals surface area contributed by atoms with Crippen LogP contribution in [0.3, 0.4) is 0 Å². The number of carbonyl (C=O) groups excluding carboxylic acids is 1. The lowest BCUT2D eigenvalue weighted by molar-refractivity contribution is 0.102. The van der Waals surface area contributed by atoms with Crippen molar-refractivity contribution >= 4 is 11.6 Å². The van der Waals surface area contributed by atoms with Crippen molar-refractivity contribution in [3.8, 4) is 5.69 Å². The highest BCUT2D eigenvalue weighted by Gasteiger charge is 2.23. The molecule has 142 valence electrons. The van der Waals surface area contributed by atoms with E-state index in [4.69, 9.17) is 0 Å². The van der Waals surface area contributed by atoms with Crippen molar-refractivity contribution in [2.75, 3.05) is 5.32 Å². The third-order valence-electron chi connectivity index (χ3n) is 4.25. The maximum atomic E-state index is 12.7. The summed E-state index contributed by atoms with van der Waals surface area (Å²) in [5.74, 6) is 0.0468. The summed E-state index contributed by atoms with van der Waals surface area (Å²) in [5.41, 5.74) is 3.77. The van der Waals surface area contributed by atoms with E-state index in [1.54, 1.807) is 4.68 Å². The maximum Gasteiger partial charge on any atom is 0.276 e. The van der Waals surface area contributed by atoms with Crippen LogP contribution in [0.15, 0.2) is 30.6 Å². The number of carbonyl (C=O) groups is 1. The highest BCUT2D eigenvalue weighted by molar-refractivity contribution is 6.03. The topological polar surface area (TPSA) is 90.5 Å². The second-order valence-electron chi connectivity index (χ2n) is 7.90. The second kappa shape index (κ2) is 6.94. The fourth-order valence-corrected chi connectivity index (χ4v) is 2.91. The van der Waals surface area contributed by atoms with Gasteiger partial charge < -0.3 is 5.32 Å². The number of benzene rings is 1. The third-order valence-corrected chi connectivity index (χ3v) is 4.25. The van der Waals surface area contributed by atoms with Crippen molar-refractivity contribution in [2.24, 2.45) is 0 Å². The number of anilines is 1. The van der Waals surface area contributed by atoms with Crippen LogP contribution in [-0.2, 0) is 5.54 Å². The van der Waals surface area contributed by atoms with Crippen molar-refractivity contribution in [2.45, 2.75) is 53.0 Å². The highest BCUT2D eigenvalue weighted by Crippen LogP contribution is 2.24. The van der Waals surface area contributed by atoms with E-state index in [9.17, 15) is 4.79 Å². The van der Waals surface area contributed by atoms with Crippen molar-refractivity contribution in [3.63, 3.8) is 0 Å². The first-order chi connectivity index (χ1) is 12.7. The quantitative estimate of drug-likeness (QED) is 0.764. The van der Waals surface area contributed by atoms with Gasteiger partial charge in [-0.3, -0.25) is 9.48 Å². The van der Waals surface area contributed by atoms with Crippen molar-refractivity contribution < 1.29 is 4.79 Å². The molecule has 0 atom stereocenters. The highest BCUT2D eigenvalue weighted by atomic mass is 16.2. The largest absolute Gasteiger partial charge is 0.321 e. The van der Waals surface area contributed by atoms with Crippen LogP contribution >= 0.6 is 0 Å². The van der Waals surface area contributed by atoms with Crippen molar-refractivity contribution in [1.82, 2.24) is 30.0 Å². The van der Waals surface area contributed by atoms with Crippen LogP contribution in [-0.4, -0.2) is 35.9 Å². The molecular weight excluding hydrogens is 342 g/mol. The van der Waals surface area contributed by atoms with Gasteiger partial charge in [-0.25, -0.2) is 4.68 Å². The van der Waals surface area contributed by atoms with Crippen molar-refractivity contribution in [3.05, 3.63) is 47.5 Å². The van der Waals surface area contributed by atoms with E-state index in [0.717, 1.165) is 16.9 Å². The molecule has 0 radical (unpaired) electrons. The summed E-state index contributed by atoms with van der Waals surface area (Å²) < 4.78 is 3.51. The van der Waals surface area contributed by atoms with E-state index in [2.05, 4.69) is 60.6 Å². The molecule has 27 heavy (non-hydrogen) atoms. The normalized spacial score (nSPS) is 11.8. The number of amides is 1. The predicted molar refractivity (Wildman–Crippen MR) is 103 cm³/mol. The van der Waals surface area contributed by atoms with Crippen LogP contribution < -0.4 is 5.32 Å². The molecule has 0 saturated carbocycles. The van der Waals surface area contributed by atoms with E-state index in [1.165, 1.54) is 6.33 Å². The second-order valence-corrected chi connectivity index (χ2v) is 7.90. The molecule has 0 unspecified atom stereocenters. The molecule has 0 bridgehead atoms. The molecule has 0 aliphatic heterocycles. The van der Waals surface area contributed by atoms with Gasteiger partial charge in [-0.1, -0.05) is 13.8 Å². The van der Waals surface area contributed by atoms with Crippen LogP contribution in [0.1, 0.15) is 62.3 Å². The fraction of sp³-hybridized carbons (Fsp3) is 0.421. The van der Waals surface area contributed by atoms with E-state index in [-0.39, 0.29) is 17.4 Å². The molecule has 2 aromatic heterocycles. The minimum atomic E-state index is -0.227. The van der Waals surface area contributed by atoms with E-state index >= 15 is 0 Å². The number of rotatable bonds is 4. The summed E-state index contributed by atoms with van der Waals surface area (Å²) in [6, 6.07) is 7.45. The molecule has 3 rings (SSSR count). The number of nitrogens with one attached hydrogen (secondary N) is 1. The Kier molecular flexibility index (Phi) is 4.82. The zero-order valence-electron chi connectivity index (χ0n) is 16.6. The van der Waals surface area contributed by atoms with Crippen LogP contribution in [0.25, 0.3) is 5.69 Å². The number of tetrazole rings is 1. The lowest BCUT2D eigenvalue weighted by Crippen LogP contribution is -2.26. The van der Waals surface area contributed by atoms with Gasteiger partial charge in [0.05, 0.1) is 11.2 Å². The van der Waals surface area contributed by atoms with E-state index in [0.29, 0.717) is 11.4 Å². The molecule has 1 N–H and O–H groups in total. The molecule has 0 aliphatic carbocycles. The Hall–Kier alpha value is -3.03. The molecule has 8 heteroatoms. The summed E-state index contributed by atoms with van der Waals surface area (Å²) >= 11 is 0. The molecule has 2 heterocycles. The Morgan fingerprint density at radius 1 is 1.19 bits per heavy atom. The molecule has 1 amide bonds. The Balaban J connectivity index is 1.85. The van der Waals surface area contributed by atoms with Gasteiger partial charge >= 0.3 is 0 Å². The smallest absolute Gasteiger partial charge is 0.276 e. The zero-order valence-corrected chi connectivity index (χ0v) is 16.6. The Bertz CT molecular complexity index is 949. The molecule has 0 fully saturated rings. The first-order valence-corrected chi connectivity index (χ1v) is 8.92. The molecule has 8 nitrogen and oxygen atoms in total. The molecule has 0 aliphatic rings. The van der Waals surface area contributed by atoms with Crippen LogP contribution in [0.2, 0.25) is 0 Å². The lowest BCUT2D eigenvalue weighted by Gasteiger charge is -2.23. The number of hydrogen-bond acceptors (Lipinski definition) is 5. The maximum absolute atomic E-state index is 12.7. The van der Waals surface area contributed by atoms with E-state index in [1.807, 2.05) is 35.9 Å². The summed E-state index contributed by atoms with van der Waals surface area (Å²) in [6.45, 7) is 12.4. The van der Waals surface area contributed by atoms with Gasteiger partial charge in [-0.2, -0.15) is 5.10 Å². The number of hydrogen-bond donors (Lipinski definition) is 1. The fourth-order valence-electron chi connectivity index (χ4n) is 2.91. The predicted octanol–water partition coefficient (Wildman–Crippen LogP) is 3.30. The van der Waals surface area contributed by atoms with Gasteiger partial charge in [0.15, 0.2) is 5.69 Å². The van der Waals surface area contributed by atoms with Crippen LogP contribution in [0.4, 0.5) is 5.69 Å². The number of aryl methyl sites for hydroxylation is 1. The van der Waals surface area contributed by atoms with Gasteiger partial charge in [0.25, 0.3) is 5.91 Å². The third kappa shape index (κ3) is 3.89. The summed E-state index contributed by atoms with van der Waals surface area (Å²) in [6.07, 6.45) is 1.53. The average Bonchev–Trinajstić information content (AvgIpc) is 3.24. The summed E-state index contributed by atoms with van der Waals surface area (Å²) in [7, 11) is 0. The summed E-state index contributed by atoms with van der Waals surface area (Å²) in [4.78, 5) is 12.7. The van der Waals surface area contributed by atoms with Gasteiger partial charge in [-0.15, -0.1) is 5.10 Å². The lowest BCUT2D eigenvalue weighted by atomic mass is 10.1. The van der Waals surface area contributed by atoms with Gasteiger partial charge in [0.2, 0.25) is 0 Å². The SMILES string of the molecule is Cc1cc(NC(=O)c2cc(C(C)C)n(C(C)(C)C)n2)ccc1-n1cnnn1. The number of aromatic nitrogens is 6. The average molecular weight is 367 g/mol. The number of nitrogens with zero attached hydrogens (tertiary/aromatic N) is 6. The van der Waals surface area contributed by atoms with Crippen LogP contribution in [0, 0.1) is 6.92 Å². The first-order valence-electron chi connectivity index (χ1n) is 8.92.